The van der Waals surface area contributed by atoms with E-state index in [0.29, 0.717) is 11.7 Å². The summed E-state index contributed by atoms with van der Waals surface area (Å²) in [6.07, 6.45) is 10.5. The van der Waals surface area contributed by atoms with E-state index in [2.05, 4.69) is 52.7 Å². The second-order valence-corrected chi connectivity index (χ2v) is 11.2. The summed E-state index contributed by atoms with van der Waals surface area (Å²) < 4.78 is 11.3. The van der Waals surface area contributed by atoms with Crippen LogP contribution in [0.15, 0.2) is 54.6 Å². The van der Waals surface area contributed by atoms with E-state index >= 15 is 0 Å². The summed E-state index contributed by atoms with van der Waals surface area (Å²) >= 11 is 0. The number of fused-ring (bicyclic) bond motifs is 1. The summed E-state index contributed by atoms with van der Waals surface area (Å²) in [6, 6.07) is 19.3. The van der Waals surface area contributed by atoms with Crippen LogP contribution in [0.25, 0.3) is 0 Å². The highest BCUT2D eigenvalue weighted by Gasteiger charge is 2.24. The number of ether oxygens (including phenoxy) is 2. The van der Waals surface area contributed by atoms with Crippen molar-refractivity contribution in [1.29, 1.82) is 0 Å². The zero-order valence-electron chi connectivity index (χ0n) is 23.7. The highest BCUT2D eigenvalue weighted by molar-refractivity contribution is 5.62. The number of aromatic hydroxyl groups is 1. The lowest BCUT2D eigenvalue weighted by Crippen LogP contribution is -2.23. The van der Waals surface area contributed by atoms with Crippen LogP contribution in [0.4, 0.5) is 5.69 Å². The Morgan fingerprint density at radius 3 is 2.31 bits per heavy atom. The molecule has 1 heterocycles. The first-order valence-corrected chi connectivity index (χ1v) is 14.7. The summed E-state index contributed by atoms with van der Waals surface area (Å²) in [6.45, 7) is 4.46. The minimum Gasteiger partial charge on any atom is -0.508 e. The number of phenolic OH excluding ortho intramolecular Hbond substituents is 1. The molecule has 0 aromatic heterocycles. The fourth-order valence-electron chi connectivity index (χ4n) is 6.27. The molecule has 208 valence electrons. The van der Waals surface area contributed by atoms with Gasteiger partial charge in [-0.3, -0.25) is 4.90 Å². The maximum Gasteiger partial charge on any atom is 0.162 e. The molecule has 5 rings (SSSR count). The van der Waals surface area contributed by atoms with E-state index in [1.54, 1.807) is 20.3 Å². The van der Waals surface area contributed by atoms with Gasteiger partial charge in [-0.05, 0) is 110 Å². The van der Waals surface area contributed by atoms with Gasteiger partial charge in [0, 0.05) is 24.8 Å². The van der Waals surface area contributed by atoms with Gasteiger partial charge in [0.2, 0.25) is 0 Å². The first kappa shape index (κ1) is 27.4. The Balaban J connectivity index is 1.20. The fourth-order valence-corrected chi connectivity index (χ4v) is 6.27. The van der Waals surface area contributed by atoms with Gasteiger partial charge >= 0.3 is 0 Å². The van der Waals surface area contributed by atoms with Gasteiger partial charge in [0.25, 0.3) is 0 Å². The van der Waals surface area contributed by atoms with Crippen LogP contribution >= 0.6 is 0 Å². The molecule has 1 atom stereocenters. The summed E-state index contributed by atoms with van der Waals surface area (Å²) in [5.41, 5.74) is 7.83. The van der Waals surface area contributed by atoms with Crippen molar-refractivity contribution in [3.05, 3.63) is 82.4 Å². The van der Waals surface area contributed by atoms with Crippen molar-refractivity contribution in [2.24, 2.45) is 0 Å². The lowest BCUT2D eigenvalue weighted by Gasteiger charge is -2.28. The molecular formula is C34H44N2O3. The van der Waals surface area contributed by atoms with E-state index in [-0.39, 0.29) is 0 Å². The Kier molecular flexibility index (Phi) is 9.31. The molecule has 1 fully saturated rings. The third-order valence-corrected chi connectivity index (χ3v) is 8.50. The third-order valence-electron chi connectivity index (χ3n) is 8.50. The molecule has 0 amide bonds. The smallest absolute Gasteiger partial charge is 0.162 e. The molecule has 1 aliphatic carbocycles. The van der Waals surface area contributed by atoms with Gasteiger partial charge in [0.15, 0.2) is 11.5 Å². The second-order valence-electron chi connectivity index (χ2n) is 11.2. The van der Waals surface area contributed by atoms with Gasteiger partial charge in [-0.2, -0.15) is 0 Å². The molecule has 3 aromatic rings. The van der Waals surface area contributed by atoms with Crippen molar-refractivity contribution in [2.45, 2.75) is 70.3 Å². The highest BCUT2D eigenvalue weighted by atomic mass is 16.5. The number of hydrogen-bond donors (Lipinski definition) is 2. The lowest BCUT2D eigenvalue weighted by molar-refractivity contribution is 0.277. The van der Waals surface area contributed by atoms with E-state index in [0.717, 1.165) is 62.4 Å². The number of anilines is 1. The van der Waals surface area contributed by atoms with Crippen molar-refractivity contribution in [1.82, 2.24) is 4.90 Å². The maximum atomic E-state index is 9.89. The molecule has 0 bridgehead atoms. The van der Waals surface area contributed by atoms with Crippen molar-refractivity contribution in [2.75, 3.05) is 39.2 Å². The van der Waals surface area contributed by atoms with Gasteiger partial charge in [-0.15, -0.1) is 0 Å². The molecule has 0 saturated carbocycles. The highest BCUT2D eigenvalue weighted by Crippen LogP contribution is 2.42. The Morgan fingerprint density at radius 2 is 1.56 bits per heavy atom. The standard InChI is InChI=1S/C34H44N2O3/c1-38-33-22-31(29-14-13-28-21-30(37)16-15-27(28)20-29)32(23-34(33)39-2)35-17-7-8-25-9-11-26(12-10-25)24-36-18-5-3-4-6-19-36/h9-12,15-16,21-23,29,35,37H,3-8,13-14,17-20,24H2,1-2H3. The minimum atomic E-state index is 0.354. The number of methoxy groups -OCH3 is 2. The Hall–Kier alpha value is -3.18. The van der Waals surface area contributed by atoms with Crippen molar-refractivity contribution in [3.8, 4) is 17.2 Å². The number of likely N-dealkylation sites (tertiary alicyclic amines) is 1. The van der Waals surface area contributed by atoms with Crippen molar-refractivity contribution >= 4 is 5.69 Å². The van der Waals surface area contributed by atoms with E-state index < -0.39 is 0 Å². The molecule has 1 unspecified atom stereocenters. The maximum absolute atomic E-state index is 9.89. The molecule has 1 saturated heterocycles. The normalized spacial score (nSPS) is 17.7. The number of hydrogen-bond acceptors (Lipinski definition) is 5. The van der Waals surface area contributed by atoms with Gasteiger partial charge in [0.05, 0.1) is 14.2 Å². The van der Waals surface area contributed by atoms with Crippen LogP contribution in [0, 0.1) is 0 Å². The van der Waals surface area contributed by atoms with Crippen LogP contribution in [-0.2, 0) is 25.8 Å². The van der Waals surface area contributed by atoms with E-state index in [1.807, 2.05) is 6.07 Å². The first-order valence-electron chi connectivity index (χ1n) is 14.7. The molecule has 2 N–H and O–H groups in total. The lowest BCUT2D eigenvalue weighted by atomic mass is 9.79. The minimum absolute atomic E-state index is 0.354. The number of nitrogens with one attached hydrogen (secondary N) is 1. The van der Waals surface area contributed by atoms with E-state index in [9.17, 15) is 5.11 Å². The third kappa shape index (κ3) is 7.07. The van der Waals surface area contributed by atoms with Crippen LogP contribution in [-0.4, -0.2) is 43.9 Å². The summed E-state index contributed by atoms with van der Waals surface area (Å²) in [4.78, 5) is 2.61. The molecule has 5 nitrogen and oxygen atoms in total. The van der Waals surface area contributed by atoms with Crippen LogP contribution < -0.4 is 14.8 Å². The van der Waals surface area contributed by atoms with Crippen LogP contribution in [0.1, 0.15) is 72.3 Å². The summed E-state index contributed by atoms with van der Waals surface area (Å²) in [5, 5.41) is 13.6. The number of aryl methyl sites for hydroxylation is 2. The Labute approximate surface area is 234 Å². The predicted octanol–water partition coefficient (Wildman–Crippen LogP) is 7.10. The molecule has 5 heteroatoms. The number of nitrogens with zero attached hydrogens (tertiary/aromatic N) is 1. The number of rotatable bonds is 10. The molecular weight excluding hydrogens is 484 g/mol. The average Bonchev–Trinajstić information content (AvgIpc) is 3.24. The van der Waals surface area contributed by atoms with Crippen molar-refractivity contribution < 1.29 is 14.6 Å². The molecule has 3 aromatic carbocycles. The quantitative estimate of drug-likeness (QED) is 0.275. The van der Waals surface area contributed by atoms with Gasteiger partial charge < -0.3 is 19.9 Å². The predicted molar refractivity (Wildman–Crippen MR) is 159 cm³/mol. The van der Waals surface area contributed by atoms with Crippen LogP contribution in [0.3, 0.4) is 0 Å². The monoisotopic (exact) mass is 528 g/mol. The molecule has 1 aliphatic heterocycles. The molecule has 0 spiro atoms. The second kappa shape index (κ2) is 13.3. The molecule has 0 radical (unpaired) electrons. The van der Waals surface area contributed by atoms with Crippen LogP contribution in [0.5, 0.6) is 17.2 Å². The van der Waals surface area contributed by atoms with Gasteiger partial charge in [-0.25, -0.2) is 0 Å². The van der Waals surface area contributed by atoms with E-state index in [4.69, 9.17) is 9.47 Å². The topological polar surface area (TPSA) is 54.0 Å². The largest absolute Gasteiger partial charge is 0.508 e. The van der Waals surface area contributed by atoms with Gasteiger partial charge in [0.1, 0.15) is 5.75 Å². The Bertz CT molecular complexity index is 1220. The number of benzene rings is 3. The average molecular weight is 529 g/mol. The summed E-state index contributed by atoms with van der Waals surface area (Å²) in [5.74, 6) is 2.27. The zero-order valence-corrected chi connectivity index (χ0v) is 23.7. The molecule has 39 heavy (non-hydrogen) atoms. The first-order chi connectivity index (χ1) is 19.1. The van der Waals surface area contributed by atoms with Crippen LogP contribution in [0.2, 0.25) is 0 Å². The Morgan fingerprint density at radius 1 is 0.846 bits per heavy atom. The SMILES string of the molecule is COc1cc(NCCCc2ccc(CN3CCCCCC3)cc2)c(C2CCc3cc(O)ccc3C2)cc1OC. The summed E-state index contributed by atoms with van der Waals surface area (Å²) in [7, 11) is 3.40. The molecule has 2 aliphatic rings. The fraction of sp³-hybridized carbons (Fsp3) is 0.471. The van der Waals surface area contributed by atoms with E-state index in [1.165, 1.54) is 66.6 Å². The van der Waals surface area contributed by atoms with Gasteiger partial charge in [-0.1, -0.05) is 43.2 Å². The van der Waals surface area contributed by atoms with Crippen molar-refractivity contribution in [3.63, 3.8) is 0 Å². The zero-order chi connectivity index (χ0) is 27.0. The number of phenols is 1.